The third-order valence-corrected chi connectivity index (χ3v) is 5.76. The lowest BCUT2D eigenvalue weighted by Crippen LogP contribution is -2.50. The number of nitrogens with one attached hydrogen (secondary N) is 1. The molecule has 2 aromatic carbocycles. The second-order valence-electron chi connectivity index (χ2n) is 8.76. The van der Waals surface area contributed by atoms with E-state index in [-0.39, 0.29) is 11.9 Å². The fraction of sp³-hybridized carbons (Fsp3) is 0.480. The molecule has 1 heterocycles. The standard InChI is InChI=1S/C25H36N4O/c1-20(2)18-25(30)26-19-24(21-10-12-22(13-11-21)27(3)4)29-16-14-28(15-17-29)23-8-6-5-7-9-23/h5-13,20,24H,14-19H2,1-4H3,(H,26,30)/t24-/m1/s1. The fourth-order valence-electron chi connectivity index (χ4n) is 4.04. The van der Waals surface area contributed by atoms with Crippen LogP contribution in [0.1, 0.15) is 31.9 Å². The van der Waals surface area contributed by atoms with Crippen LogP contribution in [0.5, 0.6) is 0 Å². The summed E-state index contributed by atoms with van der Waals surface area (Å²) in [6.07, 6.45) is 0.577. The van der Waals surface area contributed by atoms with Crippen molar-refractivity contribution in [3.63, 3.8) is 0 Å². The minimum atomic E-state index is 0.142. The predicted octanol–water partition coefficient (Wildman–Crippen LogP) is 3.78. The van der Waals surface area contributed by atoms with Gasteiger partial charge < -0.3 is 15.1 Å². The van der Waals surface area contributed by atoms with Crippen LogP contribution in [-0.2, 0) is 4.79 Å². The van der Waals surface area contributed by atoms with Gasteiger partial charge in [-0.3, -0.25) is 9.69 Å². The normalized spacial score (nSPS) is 15.8. The molecule has 1 aliphatic rings. The molecule has 0 aromatic heterocycles. The maximum absolute atomic E-state index is 12.3. The summed E-state index contributed by atoms with van der Waals surface area (Å²) < 4.78 is 0. The van der Waals surface area contributed by atoms with Crippen LogP contribution in [0.25, 0.3) is 0 Å². The van der Waals surface area contributed by atoms with E-state index in [4.69, 9.17) is 0 Å². The van der Waals surface area contributed by atoms with E-state index in [1.54, 1.807) is 0 Å². The van der Waals surface area contributed by atoms with Crippen molar-refractivity contribution in [3.8, 4) is 0 Å². The van der Waals surface area contributed by atoms with Gasteiger partial charge in [-0.15, -0.1) is 0 Å². The Morgan fingerprint density at radius 2 is 1.60 bits per heavy atom. The summed E-state index contributed by atoms with van der Waals surface area (Å²) in [6.45, 7) is 8.77. The minimum absolute atomic E-state index is 0.142. The molecule has 1 fully saturated rings. The van der Waals surface area contributed by atoms with Crippen LogP contribution in [0.15, 0.2) is 54.6 Å². The molecule has 0 unspecified atom stereocenters. The monoisotopic (exact) mass is 408 g/mol. The van der Waals surface area contributed by atoms with Crippen molar-refractivity contribution >= 4 is 17.3 Å². The minimum Gasteiger partial charge on any atom is -0.378 e. The quantitative estimate of drug-likeness (QED) is 0.722. The molecule has 1 saturated heterocycles. The van der Waals surface area contributed by atoms with Crippen LogP contribution in [0.4, 0.5) is 11.4 Å². The lowest BCUT2D eigenvalue weighted by Gasteiger charge is -2.40. The lowest BCUT2D eigenvalue weighted by molar-refractivity contribution is -0.122. The summed E-state index contributed by atoms with van der Waals surface area (Å²) in [5, 5.41) is 3.19. The first-order valence-corrected chi connectivity index (χ1v) is 11.0. The van der Waals surface area contributed by atoms with Gasteiger partial charge in [-0.2, -0.15) is 0 Å². The molecular formula is C25H36N4O. The Bertz CT molecular complexity index is 781. The topological polar surface area (TPSA) is 38.8 Å². The smallest absolute Gasteiger partial charge is 0.220 e. The summed E-state index contributed by atoms with van der Waals surface area (Å²) in [4.78, 5) is 19.4. The molecule has 0 aliphatic carbocycles. The Labute approximate surface area is 181 Å². The third-order valence-electron chi connectivity index (χ3n) is 5.76. The summed E-state index contributed by atoms with van der Waals surface area (Å²) in [6, 6.07) is 19.6. The van der Waals surface area contributed by atoms with Crippen molar-refractivity contribution < 1.29 is 4.79 Å². The number of benzene rings is 2. The van der Waals surface area contributed by atoms with Crippen LogP contribution in [0.2, 0.25) is 0 Å². The second-order valence-corrected chi connectivity index (χ2v) is 8.76. The highest BCUT2D eigenvalue weighted by molar-refractivity contribution is 5.76. The molecule has 30 heavy (non-hydrogen) atoms. The third kappa shape index (κ3) is 5.99. The zero-order valence-corrected chi connectivity index (χ0v) is 18.8. The van der Waals surface area contributed by atoms with Gasteiger partial charge in [0, 0.05) is 64.6 Å². The summed E-state index contributed by atoms with van der Waals surface area (Å²) >= 11 is 0. The molecule has 1 aliphatic heterocycles. The van der Waals surface area contributed by atoms with Crippen molar-refractivity contribution in [2.75, 3.05) is 56.6 Å². The van der Waals surface area contributed by atoms with Crippen LogP contribution in [0.3, 0.4) is 0 Å². The van der Waals surface area contributed by atoms with Gasteiger partial charge in [-0.25, -0.2) is 0 Å². The number of piperazine rings is 1. The lowest BCUT2D eigenvalue weighted by atomic mass is 10.0. The van der Waals surface area contributed by atoms with Gasteiger partial charge in [0.2, 0.25) is 5.91 Å². The average Bonchev–Trinajstić information content (AvgIpc) is 2.75. The van der Waals surface area contributed by atoms with E-state index in [1.165, 1.54) is 16.9 Å². The first-order valence-electron chi connectivity index (χ1n) is 11.0. The van der Waals surface area contributed by atoms with Crippen molar-refractivity contribution in [1.82, 2.24) is 10.2 Å². The van der Waals surface area contributed by atoms with Gasteiger partial charge in [-0.1, -0.05) is 44.2 Å². The van der Waals surface area contributed by atoms with Crippen LogP contribution >= 0.6 is 0 Å². The SMILES string of the molecule is CC(C)CC(=O)NC[C@H](c1ccc(N(C)C)cc1)N1CCN(c2ccccc2)CC1. The highest BCUT2D eigenvalue weighted by Gasteiger charge is 2.26. The molecule has 0 bridgehead atoms. The molecule has 162 valence electrons. The molecule has 0 radical (unpaired) electrons. The maximum Gasteiger partial charge on any atom is 0.220 e. The Morgan fingerprint density at radius 3 is 2.17 bits per heavy atom. The molecule has 2 aromatic rings. The number of hydrogen-bond acceptors (Lipinski definition) is 4. The number of rotatable bonds is 8. The van der Waals surface area contributed by atoms with E-state index in [2.05, 4.69) is 103 Å². The van der Waals surface area contributed by atoms with Crippen LogP contribution in [0, 0.1) is 5.92 Å². The van der Waals surface area contributed by atoms with Gasteiger partial charge in [0.15, 0.2) is 0 Å². The maximum atomic E-state index is 12.3. The van der Waals surface area contributed by atoms with E-state index in [1.807, 2.05) is 0 Å². The molecule has 1 amide bonds. The first kappa shape index (κ1) is 22.2. The highest BCUT2D eigenvalue weighted by Crippen LogP contribution is 2.25. The van der Waals surface area contributed by atoms with Crippen molar-refractivity contribution in [2.24, 2.45) is 5.92 Å². The average molecular weight is 409 g/mol. The molecular weight excluding hydrogens is 372 g/mol. The van der Waals surface area contributed by atoms with E-state index in [0.29, 0.717) is 18.9 Å². The first-order chi connectivity index (χ1) is 14.4. The number of carbonyl (C=O) groups is 1. The van der Waals surface area contributed by atoms with E-state index in [0.717, 1.165) is 26.2 Å². The van der Waals surface area contributed by atoms with Crippen molar-refractivity contribution in [2.45, 2.75) is 26.3 Å². The Kier molecular flexibility index (Phi) is 7.75. The number of amides is 1. The summed E-state index contributed by atoms with van der Waals surface area (Å²) in [7, 11) is 4.11. The zero-order chi connectivity index (χ0) is 21.5. The Balaban J connectivity index is 1.70. The molecule has 3 rings (SSSR count). The van der Waals surface area contributed by atoms with Gasteiger partial charge >= 0.3 is 0 Å². The van der Waals surface area contributed by atoms with Gasteiger partial charge in [0.05, 0.1) is 6.04 Å². The number of carbonyl (C=O) groups excluding carboxylic acids is 1. The Hall–Kier alpha value is -2.53. The molecule has 0 saturated carbocycles. The molecule has 1 atom stereocenters. The molecule has 5 nitrogen and oxygen atoms in total. The van der Waals surface area contributed by atoms with Crippen molar-refractivity contribution in [1.29, 1.82) is 0 Å². The molecule has 1 N–H and O–H groups in total. The van der Waals surface area contributed by atoms with E-state index >= 15 is 0 Å². The largest absolute Gasteiger partial charge is 0.378 e. The summed E-state index contributed by atoms with van der Waals surface area (Å²) in [5.41, 5.74) is 3.74. The van der Waals surface area contributed by atoms with Crippen LogP contribution < -0.4 is 15.1 Å². The highest BCUT2D eigenvalue weighted by atomic mass is 16.1. The summed E-state index contributed by atoms with van der Waals surface area (Å²) in [5.74, 6) is 0.514. The van der Waals surface area contributed by atoms with E-state index < -0.39 is 0 Å². The number of para-hydroxylation sites is 1. The fourth-order valence-corrected chi connectivity index (χ4v) is 4.04. The van der Waals surface area contributed by atoms with E-state index in [9.17, 15) is 4.79 Å². The van der Waals surface area contributed by atoms with Gasteiger partial charge in [-0.05, 0) is 35.7 Å². The second kappa shape index (κ2) is 10.5. The zero-order valence-electron chi connectivity index (χ0n) is 18.8. The predicted molar refractivity (Wildman–Crippen MR) is 126 cm³/mol. The number of nitrogens with zero attached hydrogens (tertiary/aromatic N) is 3. The molecule has 0 spiro atoms. The number of hydrogen-bond donors (Lipinski definition) is 1. The van der Waals surface area contributed by atoms with Gasteiger partial charge in [0.25, 0.3) is 0 Å². The van der Waals surface area contributed by atoms with Crippen molar-refractivity contribution in [3.05, 3.63) is 60.2 Å². The molecule has 5 heteroatoms. The Morgan fingerprint density at radius 1 is 0.967 bits per heavy atom. The van der Waals surface area contributed by atoms with Gasteiger partial charge in [0.1, 0.15) is 0 Å². The van der Waals surface area contributed by atoms with Crippen LogP contribution in [-0.4, -0.2) is 57.6 Å². The number of anilines is 2.